The van der Waals surface area contributed by atoms with Gasteiger partial charge in [0.15, 0.2) is 11.6 Å². The minimum Gasteiger partial charge on any atom is -0.485 e. The molecule has 8 nitrogen and oxygen atoms in total. The average Bonchev–Trinajstić information content (AvgIpc) is 2.75. The number of pyridine rings is 1. The van der Waals surface area contributed by atoms with Crippen molar-refractivity contribution in [3.05, 3.63) is 36.5 Å². The maximum absolute atomic E-state index is 11.6. The van der Waals surface area contributed by atoms with Crippen LogP contribution in [0.1, 0.15) is 12.8 Å². The van der Waals surface area contributed by atoms with E-state index in [0.717, 1.165) is 79.7 Å². The Morgan fingerprint density at radius 3 is 2.72 bits per heavy atom. The molecule has 2 fully saturated rings. The van der Waals surface area contributed by atoms with Gasteiger partial charge in [-0.1, -0.05) is 17.8 Å². The molecule has 0 aliphatic carbocycles. The van der Waals surface area contributed by atoms with Gasteiger partial charge in [-0.3, -0.25) is 4.72 Å². The summed E-state index contributed by atoms with van der Waals surface area (Å²) in [6, 6.07) is 9.43. The standard InChI is InChI=1S/C22H31N5O3S2/c1-26-9-11-27(12-10-26)22-21(30-18-6-4-8-23-15-18)14-20(16-24-22)31-19-7-3-5-17(13-19)25-32(2,28)29/h3,5,7,13-14,16,18,23,25H,4,6,8-12,15H2,1-2H3. The Kier molecular flexibility index (Phi) is 7.44. The van der Waals surface area contributed by atoms with Crippen molar-refractivity contribution in [2.24, 2.45) is 0 Å². The zero-order valence-corrected chi connectivity index (χ0v) is 20.2. The van der Waals surface area contributed by atoms with E-state index in [0.29, 0.717) is 5.69 Å². The molecule has 32 heavy (non-hydrogen) atoms. The molecule has 3 heterocycles. The summed E-state index contributed by atoms with van der Waals surface area (Å²) in [6.45, 7) is 5.74. The van der Waals surface area contributed by atoms with E-state index in [4.69, 9.17) is 9.72 Å². The number of sulfonamides is 1. The SMILES string of the molecule is CN1CCN(c2ncc(Sc3cccc(NS(C)(=O)=O)c3)cc2OC2CCCNC2)CC1. The van der Waals surface area contributed by atoms with E-state index in [9.17, 15) is 8.42 Å². The lowest BCUT2D eigenvalue weighted by Crippen LogP contribution is -2.45. The Balaban J connectivity index is 1.56. The third-order valence-electron chi connectivity index (χ3n) is 5.53. The largest absolute Gasteiger partial charge is 0.485 e. The maximum atomic E-state index is 11.6. The highest BCUT2D eigenvalue weighted by Gasteiger charge is 2.23. The van der Waals surface area contributed by atoms with E-state index < -0.39 is 10.0 Å². The first kappa shape index (κ1) is 23.2. The lowest BCUT2D eigenvalue weighted by Gasteiger charge is -2.35. The lowest BCUT2D eigenvalue weighted by atomic mass is 10.1. The van der Waals surface area contributed by atoms with Crippen molar-refractivity contribution in [1.29, 1.82) is 0 Å². The highest BCUT2D eigenvalue weighted by molar-refractivity contribution is 7.99. The molecule has 1 aromatic carbocycles. The summed E-state index contributed by atoms with van der Waals surface area (Å²) in [7, 11) is -1.18. The molecule has 2 aliphatic rings. The van der Waals surface area contributed by atoms with E-state index in [2.05, 4.69) is 33.0 Å². The Morgan fingerprint density at radius 1 is 1.19 bits per heavy atom. The first-order chi connectivity index (χ1) is 15.4. The van der Waals surface area contributed by atoms with E-state index in [1.807, 2.05) is 24.4 Å². The molecule has 2 N–H and O–H groups in total. The van der Waals surface area contributed by atoms with Crippen molar-refractivity contribution < 1.29 is 13.2 Å². The van der Waals surface area contributed by atoms with Gasteiger partial charge in [-0.15, -0.1) is 0 Å². The van der Waals surface area contributed by atoms with E-state index >= 15 is 0 Å². The van der Waals surface area contributed by atoms with Crippen molar-refractivity contribution in [3.63, 3.8) is 0 Å². The Bertz CT molecular complexity index is 1020. The summed E-state index contributed by atoms with van der Waals surface area (Å²) in [5, 5.41) is 3.41. The molecular formula is C22H31N5O3S2. The molecular weight excluding hydrogens is 446 g/mol. The molecule has 4 rings (SSSR count). The molecule has 0 radical (unpaired) electrons. The van der Waals surface area contributed by atoms with Crippen LogP contribution in [0.2, 0.25) is 0 Å². The summed E-state index contributed by atoms with van der Waals surface area (Å²) < 4.78 is 32.1. The fourth-order valence-corrected chi connectivity index (χ4v) is 5.32. The van der Waals surface area contributed by atoms with Crippen molar-refractivity contribution in [2.75, 3.05) is 62.2 Å². The van der Waals surface area contributed by atoms with Gasteiger partial charge in [0.1, 0.15) is 6.10 Å². The third-order valence-corrected chi connectivity index (χ3v) is 7.08. The van der Waals surface area contributed by atoms with Gasteiger partial charge in [-0.05, 0) is 50.7 Å². The van der Waals surface area contributed by atoms with Gasteiger partial charge in [-0.2, -0.15) is 0 Å². The number of rotatable bonds is 7. The number of nitrogens with one attached hydrogen (secondary N) is 2. The van der Waals surface area contributed by atoms with Crippen LogP contribution in [-0.2, 0) is 10.0 Å². The minimum atomic E-state index is -3.32. The van der Waals surface area contributed by atoms with Crippen LogP contribution in [0.5, 0.6) is 5.75 Å². The van der Waals surface area contributed by atoms with Crippen LogP contribution in [0.25, 0.3) is 0 Å². The first-order valence-corrected chi connectivity index (χ1v) is 13.6. The Hall–Kier alpha value is -2.01. The monoisotopic (exact) mass is 477 g/mol. The Labute approximate surface area is 194 Å². The molecule has 2 aromatic rings. The lowest BCUT2D eigenvalue weighted by molar-refractivity contribution is 0.166. The zero-order valence-electron chi connectivity index (χ0n) is 18.6. The van der Waals surface area contributed by atoms with Crippen molar-refractivity contribution in [3.8, 4) is 5.75 Å². The normalized spacial score (nSPS) is 20.2. The molecule has 0 spiro atoms. The summed E-state index contributed by atoms with van der Waals surface area (Å²) in [4.78, 5) is 11.3. The number of nitrogens with zero attached hydrogens (tertiary/aromatic N) is 3. The predicted octanol–water partition coefficient (Wildman–Crippen LogP) is 2.49. The molecule has 10 heteroatoms. The van der Waals surface area contributed by atoms with Crippen molar-refractivity contribution in [1.82, 2.24) is 15.2 Å². The molecule has 0 bridgehead atoms. The van der Waals surface area contributed by atoms with Gasteiger partial charge in [0.2, 0.25) is 10.0 Å². The topological polar surface area (TPSA) is 86.8 Å². The minimum absolute atomic E-state index is 0.138. The van der Waals surface area contributed by atoms with Crippen LogP contribution in [-0.4, -0.2) is 77.0 Å². The molecule has 1 atom stereocenters. The fraction of sp³-hybridized carbons (Fsp3) is 0.500. The van der Waals surface area contributed by atoms with Crippen LogP contribution in [0.4, 0.5) is 11.5 Å². The highest BCUT2D eigenvalue weighted by atomic mass is 32.2. The molecule has 174 valence electrons. The number of aromatic nitrogens is 1. The highest BCUT2D eigenvalue weighted by Crippen LogP contribution is 2.36. The van der Waals surface area contributed by atoms with Gasteiger partial charge < -0.3 is 19.9 Å². The number of piperazine rings is 1. The quantitative estimate of drug-likeness (QED) is 0.629. The molecule has 0 saturated carbocycles. The average molecular weight is 478 g/mol. The number of ether oxygens (including phenoxy) is 1. The second-order valence-electron chi connectivity index (χ2n) is 8.37. The summed E-state index contributed by atoms with van der Waals surface area (Å²) in [6.07, 6.45) is 5.31. The zero-order chi connectivity index (χ0) is 22.6. The fourth-order valence-electron chi connectivity index (χ4n) is 3.89. The van der Waals surface area contributed by atoms with Gasteiger partial charge in [0.25, 0.3) is 0 Å². The van der Waals surface area contributed by atoms with Crippen LogP contribution < -0.4 is 19.7 Å². The second-order valence-corrected chi connectivity index (χ2v) is 11.3. The van der Waals surface area contributed by atoms with Crippen LogP contribution in [0, 0.1) is 0 Å². The van der Waals surface area contributed by atoms with Crippen LogP contribution >= 0.6 is 11.8 Å². The van der Waals surface area contributed by atoms with Crippen molar-refractivity contribution in [2.45, 2.75) is 28.7 Å². The van der Waals surface area contributed by atoms with E-state index in [1.165, 1.54) is 0 Å². The Morgan fingerprint density at radius 2 is 2.00 bits per heavy atom. The summed E-state index contributed by atoms with van der Waals surface area (Å²) >= 11 is 1.54. The summed E-state index contributed by atoms with van der Waals surface area (Å²) in [5.41, 5.74) is 0.546. The summed E-state index contributed by atoms with van der Waals surface area (Å²) in [5.74, 6) is 1.72. The van der Waals surface area contributed by atoms with E-state index in [1.54, 1.807) is 17.8 Å². The second kappa shape index (κ2) is 10.3. The smallest absolute Gasteiger partial charge is 0.229 e. The number of benzene rings is 1. The van der Waals surface area contributed by atoms with Gasteiger partial charge >= 0.3 is 0 Å². The molecule has 1 unspecified atom stereocenters. The van der Waals surface area contributed by atoms with Crippen molar-refractivity contribution >= 4 is 33.3 Å². The molecule has 1 aromatic heterocycles. The molecule has 2 aliphatic heterocycles. The van der Waals surface area contributed by atoms with Gasteiger partial charge in [0, 0.05) is 54.4 Å². The van der Waals surface area contributed by atoms with Crippen LogP contribution in [0.15, 0.2) is 46.3 Å². The van der Waals surface area contributed by atoms with Gasteiger partial charge in [0.05, 0.1) is 6.26 Å². The first-order valence-electron chi connectivity index (χ1n) is 10.9. The number of hydrogen-bond donors (Lipinski definition) is 2. The van der Waals surface area contributed by atoms with Gasteiger partial charge in [-0.25, -0.2) is 13.4 Å². The number of piperidine rings is 1. The number of likely N-dealkylation sites (N-methyl/N-ethyl adjacent to an activating group) is 1. The maximum Gasteiger partial charge on any atom is 0.229 e. The van der Waals surface area contributed by atoms with E-state index in [-0.39, 0.29) is 6.10 Å². The molecule has 2 saturated heterocycles. The number of anilines is 2. The van der Waals surface area contributed by atoms with Crippen LogP contribution in [0.3, 0.4) is 0 Å². The molecule has 0 amide bonds. The predicted molar refractivity (Wildman–Crippen MR) is 129 cm³/mol. The third kappa shape index (κ3) is 6.50. The number of hydrogen-bond acceptors (Lipinski definition) is 8.